The van der Waals surface area contributed by atoms with E-state index in [0.717, 1.165) is 16.8 Å². The largest absolute Gasteiger partial charge is 0.306 e. The maximum atomic E-state index is 14.0. The van der Waals surface area contributed by atoms with E-state index in [1.54, 1.807) is 29.2 Å². The van der Waals surface area contributed by atoms with Gasteiger partial charge in [-0.1, -0.05) is 80.1 Å². The van der Waals surface area contributed by atoms with Crippen LogP contribution in [0.3, 0.4) is 0 Å². The zero-order chi connectivity index (χ0) is 22.9. The fourth-order valence-electron chi connectivity index (χ4n) is 4.40. The minimum absolute atomic E-state index is 0.0874. The lowest BCUT2D eigenvalue weighted by molar-refractivity contribution is -0.124. The number of hydrogen-bond acceptors (Lipinski definition) is 3. The number of anilines is 1. The van der Waals surface area contributed by atoms with Gasteiger partial charge in [0.2, 0.25) is 10.0 Å². The van der Waals surface area contributed by atoms with Crippen LogP contribution in [0, 0.1) is 12.8 Å². The predicted molar refractivity (Wildman–Crippen MR) is 127 cm³/mol. The molecule has 0 aromatic heterocycles. The van der Waals surface area contributed by atoms with Gasteiger partial charge in [0.1, 0.15) is 5.54 Å². The van der Waals surface area contributed by atoms with Crippen LogP contribution in [0.2, 0.25) is 0 Å². The summed E-state index contributed by atoms with van der Waals surface area (Å²) in [4.78, 5) is 15.8. The molecule has 1 aliphatic rings. The highest BCUT2D eigenvalue weighted by molar-refractivity contribution is 7.89. The van der Waals surface area contributed by atoms with E-state index in [4.69, 9.17) is 0 Å². The predicted octanol–water partition coefficient (Wildman–Crippen LogP) is 4.76. The molecule has 1 aliphatic heterocycles. The molecule has 0 fully saturated rings. The van der Waals surface area contributed by atoms with Crippen LogP contribution in [0.15, 0.2) is 83.8 Å². The van der Waals surface area contributed by atoms with Crippen molar-refractivity contribution in [3.05, 3.63) is 95.6 Å². The highest BCUT2D eigenvalue weighted by atomic mass is 32.2. The second-order valence-corrected chi connectivity index (χ2v) is 10.5. The van der Waals surface area contributed by atoms with Crippen LogP contribution in [-0.2, 0) is 26.9 Å². The standard InChI is InChI=1S/C26H28N2O3S/c1-19(2)17-26(27-32(30,31)22-15-13-20(3)14-16-22)23-11-7-8-12-24(23)28(25(26)29)18-21-9-5-4-6-10-21/h4-16,19,27H,17-18H2,1-3H3/t26-/m0/s1. The smallest absolute Gasteiger partial charge is 0.253 e. The number of benzene rings is 3. The molecule has 0 saturated carbocycles. The molecule has 3 aromatic rings. The summed E-state index contributed by atoms with van der Waals surface area (Å²) in [6.07, 6.45) is 0.360. The van der Waals surface area contributed by atoms with E-state index in [9.17, 15) is 13.2 Å². The first-order chi connectivity index (χ1) is 15.2. The van der Waals surface area contributed by atoms with Crippen LogP contribution >= 0.6 is 0 Å². The molecule has 5 nitrogen and oxygen atoms in total. The topological polar surface area (TPSA) is 66.5 Å². The van der Waals surface area contributed by atoms with Gasteiger partial charge in [0.05, 0.1) is 11.4 Å². The van der Waals surface area contributed by atoms with Gasteiger partial charge in [-0.25, -0.2) is 8.42 Å². The number of aryl methyl sites for hydroxylation is 1. The zero-order valence-corrected chi connectivity index (χ0v) is 19.4. The van der Waals surface area contributed by atoms with Crippen molar-refractivity contribution >= 4 is 21.6 Å². The molecule has 32 heavy (non-hydrogen) atoms. The Bertz CT molecular complexity index is 1220. The van der Waals surface area contributed by atoms with Crippen molar-refractivity contribution in [2.75, 3.05) is 4.90 Å². The molecule has 166 valence electrons. The number of carbonyl (C=O) groups excluding carboxylic acids is 1. The Morgan fingerprint density at radius 1 is 0.906 bits per heavy atom. The molecular weight excluding hydrogens is 420 g/mol. The molecule has 0 unspecified atom stereocenters. The van der Waals surface area contributed by atoms with Crippen LogP contribution in [0.1, 0.15) is 37.0 Å². The lowest BCUT2D eigenvalue weighted by Gasteiger charge is -2.31. The number of fused-ring (bicyclic) bond motifs is 1. The number of nitrogens with zero attached hydrogens (tertiary/aromatic N) is 1. The normalized spacial score (nSPS) is 18.2. The quantitative estimate of drug-likeness (QED) is 0.567. The lowest BCUT2D eigenvalue weighted by atomic mass is 9.84. The summed E-state index contributed by atoms with van der Waals surface area (Å²) in [5, 5.41) is 0. The SMILES string of the molecule is Cc1ccc(S(=O)(=O)N[C@]2(CC(C)C)C(=O)N(Cc3ccccc3)c3ccccc32)cc1. The van der Waals surface area contributed by atoms with Gasteiger partial charge < -0.3 is 4.90 Å². The van der Waals surface area contributed by atoms with E-state index in [0.29, 0.717) is 18.5 Å². The Kier molecular flexibility index (Phi) is 5.93. The molecule has 0 radical (unpaired) electrons. The molecule has 0 spiro atoms. The average molecular weight is 449 g/mol. The summed E-state index contributed by atoms with van der Waals surface area (Å²) in [5.74, 6) is -0.156. The van der Waals surface area contributed by atoms with Crippen molar-refractivity contribution in [2.24, 2.45) is 5.92 Å². The Balaban J connectivity index is 1.81. The number of para-hydroxylation sites is 1. The zero-order valence-electron chi connectivity index (χ0n) is 18.6. The highest BCUT2D eigenvalue weighted by Gasteiger charge is 2.53. The average Bonchev–Trinajstić information content (AvgIpc) is 2.97. The van der Waals surface area contributed by atoms with Crippen molar-refractivity contribution in [1.29, 1.82) is 0 Å². The Hall–Kier alpha value is -2.96. The van der Waals surface area contributed by atoms with Crippen LogP contribution < -0.4 is 9.62 Å². The second kappa shape index (κ2) is 8.52. The Morgan fingerprint density at radius 3 is 2.19 bits per heavy atom. The summed E-state index contributed by atoms with van der Waals surface area (Å²) in [7, 11) is -3.93. The number of sulfonamides is 1. The van der Waals surface area contributed by atoms with Crippen LogP contribution in [0.25, 0.3) is 0 Å². The number of carbonyl (C=O) groups is 1. The lowest BCUT2D eigenvalue weighted by Crippen LogP contribution is -2.53. The first kappa shape index (κ1) is 22.2. The molecule has 1 atom stereocenters. The van der Waals surface area contributed by atoms with Gasteiger partial charge in [0, 0.05) is 11.3 Å². The van der Waals surface area contributed by atoms with Gasteiger partial charge >= 0.3 is 0 Å². The summed E-state index contributed by atoms with van der Waals surface area (Å²) >= 11 is 0. The molecule has 1 heterocycles. The van der Waals surface area contributed by atoms with E-state index in [-0.39, 0.29) is 16.7 Å². The van der Waals surface area contributed by atoms with Crippen molar-refractivity contribution in [3.8, 4) is 0 Å². The van der Waals surface area contributed by atoms with E-state index in [1.165, 1.54) is 0 Å². The molecule has 3 aromatic carbocycles. The molecule has 1 amide bonds. The monoisotopic (exact) mass is 448 g/mol. The Labute approximate surface area is 190 Å². The molecule has 4 rings (SSSR count). The van der Waals surface area contributed by atoms with Crippen LogP contribution in [0.4, 0.5) is 5.69 Å². The summed E-state index contributed by atoms with van der Waals surface area (Å²) in [5.41, 5.74) is 2.04. The van der Waals surface area contributed by atoms with Gasteiger partial charge in [-0.15, -0.1) is 0 Å². The number of rotatable bonds is 7. The van der Waals surface area contributed by atoms with Gasteiger partial charge in [0.25, 0.3) is 5.91 Å². The maximum absolute atomic E-state index is 14.0. The van der Waals surface area contributed by atoms with Gasteiger partial charge in [0.15, 0.2) is 0 Å². The molecular formula is C26H28N2O3S. The first-order valence-electron chi connectivity index (χ1n) is 10.8. The van der Waals surface area contributed by atoms with Gasteiger partial charge in [-0.2, -0.15) is 4.72 Å². The molecule has 1 N–H and O–H groups in total. The van der Waals surface area contributed by atoms with Gasteiger partial charge in [-0.3, -0.25) is 4.79 Å². The third-order valence-corrected chi connectivity index (χ3v) is 7.31. The van der Waals surface area contributed by atoms with Crippen molar-refractivity contribution in [3.63, 3.8) is 0 Å². The fraction of sp³-hybridized carbons (Fsp3) is 0.269. The van der Waals surface area contributed by atoms with E-state index in [2.05, 4.69) is 4.72 Å². The van der Waals surface area contributed by atoms with Crippen molar-refractivity contribution < 1.29 is 13.2 Å². The number of nitrogens with one attached hydrogen (secondary N) is 1. The van der Waals surface area contributed by atoms with E-state index >= 15 is 0 Å². The third-order valence-electron chi connectivity index (χ3n) is 5.80. The summed E-state index contributed by atoms with van der Waals surface area (Å²) in [6.45, 7) is 6.28. The summed E-state index contributed by atoms with van der Waals surface area (Å²) in [6, 6.07) is 23.9. The second-order valence-electron chi connectivity index (χ2n) is 8.82. The minimum atomic E-state index is -3.93. The molecule has 0 aliphatic carbocycles. The van der Waals surface area contributed by atoms with Gasteiger partial charge in [-0.05, 0) is 43.0 Å². The Morgan fingerprint density at radius 2 is 1.53 bits per heavy atom. The van der Waals surface area contributed by atoms with Crippen molar-refractivity contribution in [2.45, 2.75) is 44.2 Å². The molecule has 6 heteroatoms. The first-order valence-corrected chi connectivity index (χ1v) is 12.3. The highest BCUT2D eigenvalue weighted by Crippen LogP contribution is 2.45. The van der Waals surface area contributed by atoms with E-state index in [1.807, 2.05) is 75.4 Å². The summed E-state index contributed by atoms with van der Waals surface area (Å²) < 4.78 is 29.7. The third kappa shape index (κ3) is 4.08. The van der Waals surface area contributed by atoms with Crippen LogP contribution in [-0.4, -0.2) is 14.3 Å². The number of hydrogen-bond donors (Lipinski definition) is 1. The maximum Gasteiger partial charge on any atom is 0.253 e. The molecule has 0 bridgehead atoms. The molecule has 0 saturated heterocycles. The van der Waals surface area contributed by atoms with E-state index < -0.39 is 15.6 Å². The van der Waals surface area contributed by atoms with Crippen molar-refractivity contribution in [1.82, 2.24) is 4.72 Å². The minimum Gasteiger partial charge on any atom is -0.306 e. The fourth-order valence-corrected chi connectivity index (χ4v) is 5.76. The number of amides is 1. The van der Waals surface area contributed by atoms with Crippen LogP contribution in [0.5, 0.6) is 0 Å².